The fraction of sp³-hybridized carbons (Fsp3) is 0.529. The summed E-state index contributed by atoms with van der Waals surface area (Å²) in [7, 11) is 0. The Morgan fingerprint density at radius 1 is 0.957 bits per heavy atom. The summed E-state index contributed by atoms with van der Waals surface area (Å²) >= 11 is 5.88. The molecule has 0 saturated carbocycles. The summed E-state index contributed by atoms with van der Waals surface area (Å²) in [4.78, 5) is 20.3. The van der Waals surface area contributed by atoms with Gasteiger partial charge in [0.25, 0.3) is 0 Å². The number of hydrogen-bond acceptors (Lipinski definition) is 5. The summed E-state index contributed by atoms with van der Waals surface area (Å²) in [6.07, 6.45) is 5.75. The second-order valence-electron chi connectivity index (χ2n) is 6.94. The highest BCUT2D eigenvalue weighted by molar-refractivity contribution is 6.29. The Balaban J connectivity index is 1.87. The predicted molar refractivity (Wildman–Crippen MR) is 92.8 cm³/mol. The summed E-state index contributed by atoms with van der Waals surface area (Å²) in [5.74, 6) is 0.946. The van der Waals surface area contributed by atoms with Gasteiger partial charge in [0.1, 0.15) is 22.4 Å². The van der Waals surface area contributed by atoms with Crippen LogP contribution in [0.25, 0.3) is 11.4 Å². The highest BCUT2D eigenvalue weighted by Gasteiger charge is 2.26. The van der Waals surface area contributed by atoms with E-state index < -0.39 is 0 Å². The standard InChI is InChI=1S/C17H22ClN5/c1-11-15(19-9-13(18)21-11)16-12(2)22-14(10-20-16)23-7-5-17(3,4)6-8-23/h9-10H,5-8H2,1-4H3. The molecule has 3 rings (SSSR count). The van der Waals surface area contributed by atoms with Crippen molar-refractivity contribution < 1.29 is 0 Å². The monoisotopic (exact) mass is 331 g/mol. The molecule has 1 saturated heterocycles. The summed E-state index contributed by atoms with van der Waals surface area (Å²) in [5.41, 5.74) is 3.57. The molecule has 23 heavy (non-hydrogen) atoms. The van der Waals surface area contributed by atoms with Crippen LogP contribution in [0.4, 0.5) is 5.82 Å². The largest absolute Gasteiger partial charge is 0.355 e. The zero-order valence-electron chi connectivity index (χ0n) is 14.1. The Labute approximate surface area is 142 Å². The lowest BCUT2D eigenvalue weighted by atomic mass is 9.83. The first-order valence-corrected chi connectivity index (χ1v) is 8.32. The zero-order valence-corrected chi connectivity index (χ0v) is 14.9. The lowest BCUT2D eigenvalue weighted by Crippen LogP contribution is -2.37. The van der Waals surface area contributed by atoms with E-state index in [1.807, 2.05) is 20.0 Å². The fourth-order valence-electron chi connectivity index (χ4n) is 2.88. The Hall–Kier alpha value is -1.75. The van der Waals surface area contributed by atoms with Crippen molar-refractivity contribution in [3.05, 3.63) is 28.9 Å². The van der Waals surface area contributed by atoms with Crippen LogP contribution < -0.4 is 4.90 Å². The summed E-state index contributed by atoms with van der Waals surface area (Å²) in [6, 6.07) is 0. The van der Waals surface area contributed by atoms with Gasteiger partial charge >= 0.3 is 0 Å². The van der Waals surface area contributed by atoms with E-state index in [0.29, 0.717) is 10.6 Å². The van der Waals surface area contributed by atoms with Crippen molar-refractivity contribution in [1.29, 1.82) is 0 Å². The van der Waals surface area contributed by atoms with Gasteiger partial charge in [0.05, 0.1) is 23.8 Å². The normalized spacial score (nSPS) is 17.3. The molecule has 6 heteroatoms. The SMILES string of the molecule is Cc1nc(Cl)cnc1-c1ncc(N2CCC(C)(C)CC2)nc1C. The molecule has 0 bridgehead atoms. The maximum absolute atomic E-state index is 5.88. The molecule has 0 atom stereocenters. The lowest BCUT2D eigenvalue weighted by molar-refractivity contribution is 0.279. The van der Waals surface area contributed by atoms with Crippen LogP contribution in [0.1, 0.15) is 38.1 Å². The van der Waals surface area contributed by atoms with Gasteiger partial charge in [-0.2, -0.15) is 0 Å². The minimum Gasteiger partial charge on any atom is -0.355 e. The third kappa shape index (κ3) is 3.44. The van der Waals surface area contributed by atoms with Gasteiger partial charge in [0, 0.05) is 13.1 Å². The van der Waals surface area contributed by atoms with Gasteiger partial charge in [0.15, 0.2) is 0 Å². The summed E-state index contributed by atoms with van der Waals surface area (Å²) < 4.78 is 0. The zero-order chi connectivity index (χ0) is 16.6. The average Bonchev–Trinajstić information content (AvgIpc) is 2.48. The van der Waals surface area contributed by atoms with Crippen LogP contribution in [0.15, 0.2) is 12.4 Å². The number of aromatic nitrogens is 4. The number of hydrogen-bond donors (Lipinski definition) is 0. The predicted octanol–water partition coefficient (Wildman–Crippen LogP) is 3.83. The van der Waals surface area contributed by atoms with Crippen LogP contribution >= 0.6 is 11.6 Å². The molecule has 5 nitrogen and oxygen atoms in total. The number of halogens is 1. The van der Waals surface area contributed by atoms with Crippen molar-refractivity contribution in [1.82, 2.24) is 19.9 Å². The molecule has 0 N–H and O–H groups in total. The van der Waals surface area contributed by atoms with Crippen LogP contribution in [0, 0.1) is 19.3 Å². The molecular weight excluding hydrogens is 310 g/mol. The molecule has 0 radical (unpaired) electrons. The van der Waals surface area contributed by atoms with Gasteiger partial charge in [-0.25, -0.2) is 19.9 Å². The Morgan fingerprint density at radius 2 is 1.52 bits per heavy atom. The minimum absolute atomic E-state index is 0.393. The third-order valence-electron chi connectivity index (χ3n) is 4.52. The molecule has 3 heterocycles. The second kappa shape index (κ2) is 6.04. The lowest BCUT2D eigenvalue weighted by Gasteiger charge is -2.37. The highest BCUT2D eigenvalue weighted by atomic mass is 35.5. The van der Waals surface area contributed by atoms with Gasteiger partial charge < -0.3 is 4.90 Å². The maximum Gasteiger partial charge on any atom is 0.147 e. The van der Waals surface area contributed by atoms with E-state index in [-0.39, 0.29) is 0 Å². The molecule has 0 aromatic carbocycles. The second-order valence-corrected chi connectivity index (χ2v) is 7.33. The van der Waals surface area contributed by atoms with E-state index in [9.17, 15) is 0 Å². The van der Waals surface area contributed by atoms with E-state index in [1.54, 1.807) is 6.20 Å². The summed E-state index contributed by atoms with van der Waals surface area (Å²) in [6.45, 7) is 10.6. The number of rotatable bonds is 2. The number of piperidine rings is 1. The number of anilines is 1. The number of nitrogens with zero attached hydrogens (tertiary/aromatic N) is 5. The molecule has 0 unspecified atom stereocenters. The topological polar surface area (TPSA) is 54.8 Å². The van der Waals surface area contributed by atoms with E-state index in [4.69, 9.17) is 16.6 Å². The molecule has 1 fully saturated rings. The van der Waals surface area contributed by atoms with Crippen LogP contribution in [-0.2, 0) is 0 Å². The van der Waals surface area contributed by atoms with Crippen molar-refractivity contribution in [3.63, 3.8) is 0 Å². The first-order chi connectivity index (χ1) is 10.9. The Morgan fingerprint density at radius 3 is 2.09 bits per heavy atom. The highest BCUT2D eigenvalue weighted by Crippen LogP contribution is 2.32. The van der Waals surface area contributed by atoms with Crippen molar-refractivity contribution >= 4 is 17.4 Å². The quantitative estimate of drug-likeness (QED) is 0.837. The van der Waals surface area contributed by atoms with Crippen molar-refractivity contribution in [3.8, 4) is 11.4 Å². The smallest absolute Gasteiger partial charge is 0.147 e. The van der Waals surface area contributed by atoms with E-state index in [0.717, 1.165) is 41.7 Å². The van der Waals surface area contributed by atoms with Gasteiger partial charge in [-0.3, -0.25) is 0 Å². The van der Waals surface area contributed by atoms with Gasteiger partial charge in [-0.15, -0.1) is 0 Å². The average molecular weight is 332 g/mol. The van der Waals surface area contributed by atoms with Crippen molar-refractivity contribution in [2.24, 2.45) is 5.41 Å². The first-order valence-electron chi connectivity index (χ1n) is 7.94. The molecule has 2 aromatic heterocycles. The molecule has 0 spiro atoms. The van der Waals surface area contributed by atoms with Gasteiger partial charge in [0.2, 0.25) is 0 Å². The van der Waals surface area contributed by atoms with Gasteiger partial charge in [-0.05, 0) is 32.1 Å². The Bertz CT molecular complexity index is 719. The molecule has 0 amide bonds. The van der Waals surface area contributed by atoms with Crippen molar-refractivity contribution in [2.45, 2.75) is 40.5 Å². The van der Waals surface area contributed by atoms with Crippen LogP contribution in [0.3, 0.4) is 0 Å². The van der Waals surface area contributed by atoms with E-state index in [2.05, 4.69) is 33.7 Å². The molecular formula is C17H22ClN5. The minimum atomic E-state index is 0.393. The van der Waals surface area contributed by atoms with Crippen LogP contribution in [-0.4, -0.2) is 33.0 Å². The van der Waals surface area contributed by atoms with Gasteiger partial charge in [-0.1, -0.05) is 25.4 Å². The summed E-state index contributed by atoms with van der Waals surface area (Å²) in [5, 5.41) is 0.393. The van der Waals surface area contributed by atoms with Crippen LogP contribution in [0.2, 0.25) is 5.15 Å². The van der Waals surface area contributed by atoms with E-state index >= 15 is 0 Å². The molecule has 122 valence electrons. The number of aryl methyl sites for hydroxylation is 2. The van der Waals surface area contributed by atoms with E-state index in [1.165, 1.54) is 12.8 Å². The van der Waals surface area contributed by atoms with Crippen LogP contribution in [0.5, 0.6) is 0 Å². The maximum atomic E-state index is 5.88. The Kier molecular flexibility index (Phi) is 4.23. The molecule has 1 aliphatic heterocycles. The van der Waals surface area contributed by atoms with Crippen molar-refractivity contribution in [2.75, 3.05) is 18.0 Å². The first kappa shape index (κ1) is 16.1. The molecule has 0 aliphatic carbocycles. The fourth-order valence-corrected chi connectivity index (χ4v) is 3.06. The molecule has 1 aliphatic rings. The molecule has 2 aromatic rings. The third-order valence-corrected chi connectivity index (χ3v) is 4.70.